The summed E-state index contributed by atoms with van der Waals surface area (Å²) in [5.41, 5.74) is 1.77. The van der Waals surface area contributed by atoms with Gasteiger partial charge in [-0.1, -0.05) is 6.07 Å². The zero-order valence-corrected chi connectivity index (χ0v) is 16.8. The van der Waals surface area contributed by atoms with Crippen molar-refractivity contribution in [1.29, 1.82) is 0 Å². The lowest BCUT2D eigenvalue weighted by atomic mass is 9.98. The number of pyridine rings is 1. The molecule has 0 N–H and O–H groups in total. The van der Waals surface area contributed by atoms with E-state index in [0.717, 1.165) is 18.4 Å². The van der Waals surface area contributed by atoms with E-state index in [1.807, 2.05) is 24.0 Å². The number of benzene rings is 1. The number of hydrogen-bond donors (Lipinski definition) is 0. The van der Waals surface area contributed by atoms with Crippen molar-refractivity contribution in [1.82, 2.24) is 24.9 Å². The fourth-order valence-electron chi connectivity index (χ4n) is 4.70. The summed E-state index contributed by atoms with van der Waals surface area (Å²) in [5.74, 6) is 0.330. The number of hydrogen-bond acceptors (Lipinski definition) is 5. The number of carbonyl (C=O) groups excluding carboxylic acids is 1. The maximum Gasteiger partial charge on any atom is 0.256 e. The van der Waals surface area contributed by atoms with Crippen LogP contribution in [0.5, 0.6) is 5.88 Å². The summed E-state index contributed by atoms with van der Waals surface area (Å²) in [6, 6.07) is 7.94. The maximum absolute atomic E-state index is 13.9. The van der Waals surface area contributed by atoms with E-state index in [0.29, 0.717) is 23.0 Å². The van der Waals surface area contributed by atoms with Gasteiger partial charge in [0.25, 0.3) is 5.91 Å². The van der Waals surface area contributed by atoms with Gasteiger partial charge in [0, 0.05) is 24.4 Å². The number of fused-ring (bicyclic) bond motifs is 2. The highest BCUT2D eigenvalue weighted by Crippen LogP contribution is 2.44. The topological polar surface area (TPSA) is 73.1 Å². The molecular formula is C22H22FN5O2. The summed E-state index contributed by atoms with van der Waals surface area (Å²) in [6.07, 6.45) is 6.44. The van der Waals surface area contributed by atoms with Crippen molar-refractivity contribution in [2.45, 2.75) is 44.9 Å². The lowest BCUT2D eigenvalue weighted by Gasteiger charge is -2.38. The molecule has 1 saturated heterocycles. The van der Waals surface area contributed by atoms with Gasteiger partial charge in [0.15, 0.2) is 0 Å². The first-order valence-electron chi connectivity index (χ1n) is 10.1. The van der Waals surface area contributed by atoms with E-state index < -0.39 is 5.82 Å². The van der Waals surface area contributed by atoms with E-state index in [9.17, 15) is 9.18 Å². The molecule has 0 radical (unpaired) electrons. The highest BCUT2D eigenvalue weighted by Gasteiger charge is 2.53. The van der Waals surface area contributed by atoms with Crippen LogP contribution in [0.1, 0.15) is 35.7 Å². The molecule has 1 aliphatic heterocycles. The molecule has 0 spiro atoms. The minimum absolute atomic E-state index is 0.0518. The van der Waals surface area contributed by atoms with Gasteiger partial charge in [-0.15, -0.1) is 0 Å². The highest BCUT2D eigenvalue weighted by atomic mass is 19.1. The molecule has 3 aromatic rings. The molecule has 30 heavy (non-hydrogen) atoms. The second kappa shape index (κ2) is 7.19. The van der Waals surface area contributed by atoms with E-state index in [4.69, 9.17) is 4.74 Å². The molecule has 1 saturated carbocycles. The molecule has 3 heterocycles. The SMILES string of the molecule is Cc1ccc(OC2CC3CC2N(C(=O)c2ccc(F)cc2-n2nccn2)C3C)nc1. The van der Waals surface area contributed by atoms with Crippen molar-refractivity contribution in [2.24, 2.45) is 5.92 Å². The quantitative estimate of drug-likeness (QED) is 0.664. The van der Waals surface area contributed by atoms with Crippen molar-refractivity contribution in [3.05, 3.63) is 65.9 Å². The van der Waals surface area contributed by atoms with Gasteiger partial charge >= 0.3 is 0 Å². The largest absolute Gasteiger partial charge is 0.472 e. The molecular weight excluding hydrogens is 385 g/mol. The number of nitrogens with zero attached hydrogens (tertiary/aromatic N) is 5. The zero-order valence-electron chi connectivity index (χ0n) is 16.8. The first kappa shape index (κ1) is 18.7. The molecule has 7 nitrogen and oxygen atoms in total. The van der Waals surface area contributed by atoms with E-state index in [1.165, 1.54) is 35.4 Å². The van der Waals surface area contributed by atoms with Crippen LogP contribution in [0.4, 0.5) is 4.39 Å². The van der Waals surface area contributed by atoms with Crippen LogP contribution >= 0.6 is 0 Å². The summed E-state index contributed by atoms with van der Waals surface area (Å²) in [7, 11) is 0. The number of piperidine rings is 1. The zero-order chi connectivity index (χ0) is 20.8. The van der Waals surface area contributed by atoms with Gasteiger partial charge in [0.2, 0.25) is 5.88 Å². The van der Waals surface area contributed by atoms with Crippen LogP contribution in [0.15, 0.2) is 48.9 Å². The third-order valence-electron chi connectivity index (χ3n) is 6.20. The summed E-state index contributed by atoms with van der Waals surface area (Å²) >= 11 is 0. The van der Waals surface area contributed by atoms with Gasteiger partial charge in [-0.25, -0.2) is 9.37 Å². The minimum Gasteiger partial charge on any atom is -0.472 e. The van der Waals surface area contributed by atoms with Crippen molar-refractivity contribution in [2.75, 3.05) is 0 Å². The van der Waals surface area contributed by atoms with E-state index in [1.54, 1.807) is 6.20 Å². The first-order valence-corrected chi connectivity index (χ1v) is 10.1. The number of rotatable bonds is 4. The Kier molecular flexibility index (Phi) is 4.49. The highest BCUT2D eigenvalue weighted by molar-refractivity contribution is 5.98. The molecule has 2 aliphatic rings. The fraction of sp³-hybridized carbons (Fsp3) is 0.364. The van der Waals surface area contributed by atoms with E-state index in [2.05, 4.69) is 22.1 Å². The Morgan fingerprint density at radius 3 is 2.67 bits per heavy atom. The van der Waals surface area contributed by atoms with Crippen LogP contribution < -0.4 is 4.74 Å². The number of halogens is 1. The Morgan fingerprint density at radius 2 is 1.97 bits per heavy atom. The predicted molar refractivity (Wildman–Crippen MR) is 107 cm³/mol. The van der Waals surface area contributed by atoms with Crippen LogP contribution in [0, 0.1) is 18.7 Å². The van der Waals surface area contributed by atoms with Crippen LogP contribution in [0.25, 0.3) is 5.69 Å². The molecule has 1 aromatic carbocycles. The van der Waals surface area contributed by atoms with Crippen LogP contribution in [-0.2, 0) is 0 Å². The van der Waals surface area contributed by atoms with Crippen molar-refractivity contribution in [3.8, 4) is 11.6 Å². The minimum atomic E-state index is -0.443. The van der Waals surface area contributed by atoms with E-state index >= 15 is 0 Å². The average Bonchev–Trinajstić information content (AvgIpc) is 3.46. The second-order valence-electron chi connectivity index (χ2n) is 8.06. The number of aryl methyl sites for hydroxylation is 1. The smallest absolute Gasteiger partial charge is 0.256 e. The molecule has 2 bridgehead atoms. The number of carbonyl (C=O) groups is 1. The molecule has 4 atom stereocenters. The lowest BCUT2D eigenvalue weighted by Crippen LogP contribution is -2.51. The van der Waals surface area contributed by atoms with Gasteiger partial charge in [-0.2, -0.15) is 15.0 Å². The normalized spacial score (nSPS) is 25.0. The van der Waals surface area contributed by atoms with Gasteiger partial charge in [0.1, 0.15) is 17.6 Å². The van der Waals surface area contributed by atoms with Gasteiger partial charge in [-0.3, -0.25) is 4.79 Å². The summed E-state index contributed by atoms with van der Waals surface area (Å²) in [5, 5.41) is 8.15. The molecule has 8 heteroatoms. The van der Waals surface area contributed by atoms with Crippen LogP contribution in [-0.4, -0.2) is 49.0 Å². The molecule has 4 unspecified atom stereocenters. The van der Waals surface area contributed by atoms with E-state index in [-0.39, 0.29) is 24.1 Å². The molecule has 5 rings (SSSR count). The first-order chi connectivity index (χ1) is 14.5. The number of likely N-dealkylation sites (tertiary alicyclic amines) is 1. The fourth-order valence-corrected chi connectivity index (χ4v) is 4.70. The standard InChI is InChI=1S/C22H22FN5O2/c1-13-3-6-21(24-12-13)30-20-10-15-9-19(20)27(14(15)2)22(29)17-5-4-16(23)11-18(17)28-25-7-8-26-28/h3-8,11-12,14-15,19-20H,9-10H2,1-2H3. The van der Waals surface area contributed by atoms with Crippen LogP contribution in [0.3, 0.4) is 0 Å². The number of amides is 1. The molecule has 1 aliphatic carbocycles. The average molecular weight is 407 g/mol. The van der Waals surface area contributed by atoms with Gasteiger partial charge < -0.3 is 9.64 Å². The predicted octanol–water partition coefficient (Wildman–Crippen LogP) is 3.18. The number of ether oxygens (including phenoxy) is 1. The third kappa shape index (κ3) is 3.12. The van der Waals surface area contributed by atoms with Crippen molar-refractivity contribution >= 4 is 5.91 Å². The van der Waals surface area contributed by atoms with Gasteiger partial charge in [-0.05, 0) is 50.3 Å². The summed E-state index contributed by atoms with van der Waals surface area (Å²) in [4.78, 5) is 21.1. The number of aromatic nitrogens is 4. The summed E-state index contributed by atoms with van der Waals surface area (Å²) in [6.45, 7) is 4.05. The second-order valence-corrected chi connectivity index (χ2v) is 8.06. The van der Waals surface area contributed by atoms with Crippen molar-refractivity contribution in [3.63, 3.8) is 0 Å². The van der Waals surface area contributed by atoms with Crippen LogP contribution in [0.2, 0.25) is 0 Å². The maximum atomic E-state index is 13.9. The molecule has 1 amide bonds. The Balaban J connectivity index is 1.44. The third-order valence-corrected chi connectivity index (χ3v) is 6.20. The Morgan fingerprint density at radius 1 is 1.17 bits per heavy atom. The molecule has 2 fully saturated rings. The van der Waals surface area contributed by atoms with Gasteiger partial charge in [0.05, 0.1) is 24.0 Å². The summed E-state index contributed by atoms with van der Waals surface area (Å²) < 4.78 is 20.1. The van der Waals surface area contributed by atoms with Crippen molar-refractivity contribution < 1.29 is 13.9 Å². The Hall–Kier alpha value is -3.29. The Labute approximate surface area is 173 Å². The lowest BCUT2D eigenvalue weighted by molar-refractivity contribution is 0.0314. The molecule has 2 aromatic heterocycles. The molecule has 154 valence electrons. The monoisotopic (exact) mass is 407 g/mol. The Bertz CT molecular complexity index is 1070.